The Morgan fingerprint density at radius 1 is 1.40 bits per heavy atom. The van der Waals surface area contributed by atoms with Gasteiger partial charge in [-0.25, -0.2) is 0 Å². The van der Waals surface area contributed by atoms with E-state index in [1.165, 1.54) is 18.5 Å². The molecule has 1 N–H and O–H groups in total. The molecule has 0 unspecified atom stereocenters. The topological polar surface area (TPSA) is 43.8 Å². The van der Waals surface area contributed by atoms with Crippen LogP contribution >= 0.6 is 11.6 Å². The molecule has 5 heteroatoms. The van der Waals surface area contributed by atoms with Crippen molar-refractivity contribution in [3.63, 3.8) is 0 Å². The van der Waals surface area contributed by atoms with Crippen LogP contribution < -0.4 is 4.90 Å². The van der Waals surface area contributed by atoms with Crippen LogP contribution in [0.25, 0.3) is 0 Å². The minimum absolute atomic E-state index is 0.153. The molecule has 110 valence electrons. The lowest BCUT2D eigenvalue weighted by atomic mass is 10.1. The van der Waals surface area contributed by atoms with E-state index in [0.29, 0.717) is 13.1 Å². The lowest BCUT2D eigenvalue weighted by Gasteiger charge is -2.25. The van der Waals surface area contributed by atoms with Crippen LogP contribution in [0.4, 0.5) is 5.69 Å². The van der Waals surface area contributed by atoms with Crippen molar-refractivity contribution in [2.75, 3.05) is 31.6 Å². The van der Waals surface area contributed by atoms with Crippen molar-refractivity contribution in [3.8, 4) is 0 Å². The highest BCUT2D eigenvalue weighted by Gasteiger charge is 2.18. The minimum Gasteiger partial charge on any atom is -0.481 e. The molecule has 1 fully saturated rings. The van der Waals surface area contributed by atoms with Gasteiger partial charge in [0.15, 0.2) is 0 Å². The zero-order valence-electron chi connectivity index (χ0n) is 11.8. The number of hydrogen-bond acceptors (Lipinski definition) is 3. The Kier molecular flexibility index (Phi) is 5.26. The van der Waals surface area contributed by atoms with Crippen LogP contribution in [0.15, 0.2) is 18.2 Å². The van der Waals surface area contributed by atoms with E-state index in [0.717, 1.165) is 23.7 Å². The zero-order valence-corrected chi connectivity index (χ0v) is 12.6. The molecule has 0 saturated carbocycles. The summed E-state index contributed by atoms with van der Waals surface area (Å²) >= 11 is 6.34. The number of benzene rings is 1. The number of anilines is 1. The van der Waals surface area contributed by atoms with Crippen LogP contribution in [-0.4, -0.2) is 42.7 Å². The highest BCUT2D eigenvalue weighted by molar-refractivity contribution is 6.31. The second-order valence-electron chi connectivity index (χ2n) is 5.31. The first-order valence-electron chi connectivity index (χ1n) is 7.00. The van der Waals surface area contributed by atoms with Crippen LogP contribution in [0.1, 0.15) is 24.8 Å². The summed E-state index contributed by atoms with van der Waals surface area (Å²) in [4.78, 5) is 15.0. The average Bonchev–Trinajstić information content (AvgIpc) is 2.92. The van der Waals surface area contributed by atoms with Crippen molar-refractivity contribution in [1.82, 2.24) is 4.90 Å². The fraction of sp³-hybridized carbons (Fsp3) is 0.533. The molecule has 20 heavy (non-hydrogen) atoms. The minimum atomic E-state index is -0.768. The summed E-state index contributed by atoms with van der Waals surface area (Å²) in [5.74, 6) is -0.768. The number of carboxylic acids is 1. The Morgan fingerprint density at radius 3 is 2.75 bits per heavy atom. The molecule has 4 nitrogen and oxygen atoms in total. The van der Waals surface area contributed by atoms with E-state index < -0.39 is 5.97 Å². The molecule has 1 aliphatic heterocycles. The second-order valence-corrected chi connectivity index (χ2v) is 5.72. The Morgan fingerprint density at radius 2 is 2.10 bits per heavy atom. The third kappa shape index (κ3) is 3.87. The Labute approximate surface area is 124 Å². The Hall–Kier alpha value is -1.26. The highest BCUT2D eigenvalue weighted by atomic mass is 35.5. The van der Waals surface area contributed by atoms with E-state index in [-0.39, 0.29) is 6.42 Å². The monoisotopic (exact) mass is 296 g/mol. The first-order chi connectivity index (χ1) is 9.58. The van der Waals surface area contributed by atoms with Gasteiger partial charge in [0, 0.05) is 42.5 Å². The lowest BCUT2D eigenvalue weighted by molar-refractivity contribution is -0.137. The zero-order chi connectivity index (χ0) is 14.5. The number of rotatable bonds is 6. The van der Waals surface area contributed by atoms with E-state index in [1.54, 1.807) is 0 Å². The van der Waals surface area contributed by atoms with Gasteiger partial charge >= 0.3 is 5.97 Å². The Balaban J connectivity index is 2.11. The van der Waals surface area contributed by atoms with Gasteiger partial charge in [0.1, 0.15) is 0 Å². The number of nitrogens with zero attached hydrogens (tertiary/aromatic N) is 2. The van der Waals surface area contributed by atoms with Crippen molar-refractivity contribution in [2.45, 2.75) is 25.8 Å². The first-order valence-corrected chi connectivity index (χ1v) is 7.38. The first kappa shape index (κ1) is 15.1. The van der Waals surface area contributed by atoms with E-state index >= 15 is 0 Å². The van der Waals surface area contributed by atoms with Crippen LogP contribution in [-0.2, 0) is 11.3 Å². The predicted molar refractivity (Wildman–Crippen MR) is 81.5 cm³/mol. The van der Waals surface area contributed by atoms with Gasteiger partial charge in [-0.1, -0.05) is 17.7 Å². The summed E-state index contributed by atoms with van der Waals surface area (Å²) in [7, 11) is 1.93. The maximum Gasteiger partial charge on any atom is 0.304 e. The normalized spacial score (nSPS) is 15.1. The molecular weight excluding hydrogens is 276 g/mol. The van der Waals surface area contributed by atoms with E-state index in [1.807, 2.05) is 24.1 Å². The third-order valence-electron chi connectivity index (χ3n) is 3.68. The average molecular weight is 297 g/mol. The van der Waals surface area contributed by atoms with E-state index in [2.05, 4.69) is 11.0 Å². The Bertz CT molecular complexity index is 473. The number of carbonyl (C=O) groups is 1. The maximum atomic E-state index is 10.6. The van der Waals surface area contributed by atoms with Crippen molar-refractivity contribution < 1.29 is 9.90 Å². The summed E-state index contributed by atoms with van der Waals surface area (Å²) in [6.07, 6.45) is 2.60. The van der Waals surface area contributed by atoms with Gasteiger partial charge in [-0.15, -0.1) is 0 Å². The molecule has 0 aliphatic carbocycles. The predicted octanol–water partition coefficient (Wildman–Crippen LogP) is 2.85. The molecular formula is C15H21ClN2O2. The fourth-order valence-electron chi connectivity index (χ4n) is 2.59. The maximum absolute atomic E-state index is 10.6. The molecule has 2 rings (SSSR count). The summed E-state index contributed by atoms with van der Waals surface area (Å²) in [5, 5.41) is 9.51. The molecule has 1 heterocycles. The van der Waals surface area contributed by atoms with Crippen LogP contribution in [0.3, 0.4) is 0 Å². The van der Waals surface area contributed by atoms with Crippen LogP contribution in [0.5, 0.6) is 0 Å². The fourth-order valence-corrected chi connectivity index (χ4v) is 2.82. The summed E-state index contributed by atoms with van der Waals surface area (Å²) in [6, 6.07) is 6.00. The number of aliphatic carboxylic acids is 1. The molecule has 1 aromatic rings. The van der Waals surface area contributed by atoms with Crippen molar-refractivity contribution in [3.05, 3.63) is 28.8 Å². The van der Waals surface area contributed by atoms with Gasteiger partial charge in [0.2, 0.25) is 0 Å². The number of hydrogen-bond donors (Lipinski definition) is 1. The van der Waals surface area contributed by atoms with Crippen molar-refractivity contribution in [1.29, 1.82) is 0 Å². The summed E-state index contributed by atoms with van der Waals surface area (Å²) in [5.41, 5.74) is 2.29. The van der Waals surface area contributed by atoms with Gasteiger partial charge in [-0.2, -0.15) is 0 Å². The van der Waals surface area contributed by atoms with Crippen LogP contribution in [0, 0.1) is 0 Å². The quantitative estimate of drug-likeness (QED) is 0.877. The lowest BCUT2D eigenvalue weighted by Crippen LogP contribution is -2.25. The largest absolute Gasteiger partial charge is 0.481 e. The molecule has 1 saturated heterocycles. The van der Waals surface area contributed by atoms with Gasteiger partial charge in [0.05, 0.1) is 6.42 Å². The van der Waals surface area contributed by atoms with Crippen molar-refractivity contribution >= 4 is 23.3 Å². The van der Waals surface area contributed by atoms with Gasteiger partial charge < -0.3 is 14.9 Å². The SMILES string of the molecule is CN(CCC(=O)O)Cc1c(Cl)cccc1N1CCCC1. The van der Waals surface area contributed by atoms with Crippen molar-refractivity contribution in [2.24, 2.45) is 0 Å². The summed E-state index contributed by atoms with van der Waals surface area (Å²) < 4.78 is 0. The molecule has 0 radical (unpaired) electrons. The molecule has 0 aromatic heterocycles. The summed E-state index contributed by atoms with van der Waals surface area (Å²) in [6.45, 7) is 3.36. The van der Waals surface area contributed by atoms with E-state index in [9.17, 15) is 4.79 Å². The molecule has 0 amide bonds. The number of halogens is 1. The number of carboxylic acid groups (broad SMARTS) is 1. The molecule has 0 spiro atoms. The van der Waals surface area contributed by atoms with Gasteiger partial charge in [-0.3, -0.25) is 4.79 Å². The molecule has 0 atom stereocenters. The third-order valence-corrected chi connectivity index (χ3v) is 4.03. The molecule has 0 bridgehead atoms. The molecule has 1 aliphatic rings. The molecule has 1 aromatic carbocycles. The van der Waals surface area contributed by atoms with Crippen LogP contribution in [0.2, 0.25) is 5.02 Å². The second kappa shape index (κ2) is 6.95. The standard InChI is InChI=1S/C15H21ClN2O2/c1-17(10-7-15(19)20)11-12-13(16)5-4-6-14(12)18-8-2-3-9-18/h4-6H,2-3,7-11H2,1H3,(H,19,20). The highest BCUT2D eigenvalue weighted by Crippen LogP contribution is 2.30. The van der Waals surface area contributed by atoms with Gasteiger partial charge in [-0.05, 0) is 32.0 Å². The van der Waals surface area contributed by atoms with E-state index in [4.69, 9.17) is 16.7 Å². The van der Waals surface area contributed by atoms with Gasteiger partial charge in [0.25, 0.3) is 0 Å². The smallest absolute Gasteiger partial charge is 0.304 e.